The molecule has 0 fully saturated rings. The molecule has 0 spiro atoms. The molecule has 180 valence electrons. The number of amides is 1. The van der Waals surface area contributed by atoms with Crippen molar-refractivity contribution in [3.05, 3.63) is 95.1 Å². The fraction of sp³-hybridized carbons (Fsp3) is 0.214. The summed E-state index contributed by atoms with van der Waals surface area (Å²) in [6, 6.07) is 23.0. The van der Waals surface area contributed by atoms with Gasteiger partial charge in [0, 0.05) is 41.7 Å². The maximum atomic E-state index is 11.6. The minimum absolute atomic E-state index is 0.0104. The second-order valence-corrected chi connectivity index (χ2v) is 9.01. The lowest BCUT2D eigenvalue weighted by Crippen LogP contribution is -2.28. The summed E-state index contributed by atoms with van der Waals surface area (Å²) in [5.41, 5.74) is 10.5. The van der Waals surface area contributed by atoms with E-state index in [0.29, 0.717) is 22.4 Å². The van der Waals surface area contributed by atoms with Crippen LogP contribution in [0.3, 0.4) is 0 Å². The molecule has 0 bridgehead atoms. The lowest BCUT2D eigenvalue weighted by atomic mass is 10.00. The number of carbonyl (C=O) groups is 1. The molecule has 0 aliphatic rings. The Hall–Kier alpha value is -3.94. The number of aliphatic imine (C=N–C) groups is 1. The van der Waals surface area contributed by atoms with Gasteiger partial charge in [0.15, 0.2) is 5.88 Å². The van der Waals surface area contributed by atoms with Crippen LogP contribution in [0.5, 0.6) is 5.88 Å². The number of H-pyrrole nitrogens is 1. The number of hydrogen-bond acceptors (Lipinski definition) is 5. The van der Waals surface area contributed by atoms with E-state index in [0.717, 1.165) is 41.8 Å². The third-order valence-corrected chi connectivity index (χ3v) is 5.88. The molecule has 4 N–H and O–H groups in total. The van der Waals surface area contributed by atoms with Crippen molar-refractivity contribution in [1.29, 1.82) is 0 Å². The van der Waals surface area contributed by atoms with Crippen molar-refractivity contribution >= 4 is 28.2 Å². The van der Waals surface area contributed by atoms with Gasteiger partial charge in [-0.1, -0.05) is 48.5 Å². The highest BCUT2D eigenvalue weighted by Gasteiger charge is 2.19. The van der Waals surface area contributed by atoms with E-state index in [1.807, 2.05) is 42.5 Å². The van der Waals surface area contributed by atoms with Gasteiger partial charge in [-0.15, -0.1) is 0 Å². The van der Waals surface area contributed by atoms with Gasteiger partial charge in [0.2, 0.25) is 5.91 Å². The smallest absolute Gasteiger partial charge is 0.248 e. The number of aromatic hydroxyl groups is 1. The molecule has 0 radical (unpaired) electrons. The summed E-state index contributed by atoms with van der Waals surface area (Å²) in [6.07, 6.45) is 0. The highest BCUT2D eigenvalue weighted by atomic mass is 16.3. The number of carbonyl (C=O) groups excluding carboxylic acids is 1. The topological polar surface area (TPSA) is 97.9 Å². The van der Waals surface area contributed by atoms with Gasteiger partial charge in [0.05, 0.1) is 17.0 Å². The summed E-state index contributed by atoms with van der Waals surface area (Å²) in [5, 5.41) is 11.6. The van der Waals surface area contributed by atoms with Gasteiger partial charge in [-0.25, -0.2) is 4.99 Å². The van der Waals surface area contributed by atoms with E-state index in [9.17, 15) is 9.90 Å². The largest absolute Gasteiger partial charge is 0.494 e. The van der Waals surface area contributed by atoms with Crippen LogP contribution in [-0.2, 0) is 6.54 Å². The number of aromatic nitrogens is 1. The maximum absolute atomic E-state index is 11.6. The van der Waals surface area contributed by atoms with Gasteiger partial charge in [-0.05, 0) is 51.0 Å². The predicted molar refractivity (Wildman–Crippen MR) is 142 cm³/mol. The predicted octanol–water partition coefficient (Wildman–Crippen LogP) is 4.13. The van der Waals surface area contributed by atoms with Crippen LogP contribution in [0.25, 0.3) is 10.9 Å². The van der Waals surface area contributed by atoms with E-state index in [4.69, 9.17) is 10.7 Å². The van der Waals surface area contributed by atoms with E-state index >= 15 is 0 Å². The van der Waals surface area contributed by atoms with E-state index in [1.165, 1.54) is 0 Å². The van der Waals surface area contributed by atoms with Crippen LogP contribution >= 0.6 is 0 Å². The quantitative estimate of drug-likeness (QED) is 0.321. The molecule has 7 nitrogen and oxygen atoms in total. The molecule has 1 heterocycles. The van der Waals surface area contributed by atoms with Crippen LogP contribution in [0.1, 0.15) is 27.0 Å². The number of primary amides is 1. The first kappa shape index (κ1) is 24.2. The second-order valence-electron chi connectivity index (χ2n) is 9.01. The zero-order chi connectivity index (χ0) is 24.9. The van der Waals surface area contributed by atoms with Crippen molar-refractivity contribution in [3.8, 4) is 5.88 Å². The minimum atomic E-state index is -0.521. The number of likely N-dealkylation sites (N-methyl/N-ethyl adjacent to an activating group) is 2. The third-order valence-electron chi connectivity index (χ3n) is 5.88. The van der Waals surface area contributed by atoms with Crippen LogP contribution in [0.2, 0.25) is 0 Å². The molecule has 0 saturated carbocycles. The zero-order valence-corrected chi connectivity index (χ0v) is 20.3. The first-order valence-electron chi connectivity index (χ1n) is 11.5. The summed E-state index contributed by atoms with van der Waals surface area (Å²) in [5.74, 6) is -0.532. The first-order chi connectivity index (χ1) is 16.8. The molecule has 0 aliphatic heterocycles. The van der Waals surface area contributed by atoms with Gasteiger partial charge in [-0.3, -0.25) is 4.79 Å². The molecule has 0 aliphatic carbocycles. The molecule has 0 atom stereocenters. The third kappa shape index (κ3) is 5.77. The van der Waals surface area contributed by atoms with Gasteiger partial charge < -0.3 is 25.6 Å². The number of fused-ring (bicyclic) bond motifs is 1. The van der Waals surface area contributed by atoms with Crippen LogP contribution in [0.15, 0.2) is 77.8 Å². The van der Waals surface area contributed by atoms with Crippen LogP contribution in [0, 0.1) is 0 Å². The van der Waals surface area contributed by atoms with Gasteiger partial charge in [-0.2, -0.15) is 0 Å². The van der Waals surface area contributed by atoms with Crippen molar-refractivity contribution in [2.24, 2.45) is 10.7 Å². The number of nitrogens with two attached hydrogens (primary N) is 1. The fourth-order valence-electron chi connectivity index (χ4n) is 4.05. The van der Waals surface area contributed by atoms with E-state index < -0.39 is 5.91 Å². The summed E-state index contributed by atoms with van der Waals surface area (Å²) in [6.45, 7) is 2.77. The maximum Gasteiger partial charge on any atom is 0.248 e. The first-order valence-corrected chi connectivity index (χ1v) is 11.5. The molecule has 4 rings (SSSR count). The van der Waals surface area contributed by atoms with Crippen LogP contribution in [0.4, 0.5) is 5.69 Å². The molecule has 35 heavy (non-hydrogen) atoms. The number of nitrogens with one attached hydrogen (secondary N) is 1. The van der Waals surface area contributed by atoms with E-state index in [2.05, 4.69) is 48.1 Å². The monoisotopic (exact) mass is 469 g/mol. The minimum Gasteiger partial charge on any atom is -0.494 e. The van der Waals surface area contributed by atoms with Crippen LogP contribution in [-0.4, -0.2) is 65.7 Å². The highest BCUT2D eigenvalue weighted by Crippen LogP contribution is 2.32. The number of aromatic amines is 1. The van der Waals surface area contributed by atoms with Crippen molar-refractivity contribution in [1.82, 2.24) is 14.8 Å². The average Bonchev–Trinajstić information content (AvgIpc) is 3.16. The Morgan fingerprint density at radius 3 is 2.43 bits per heavy atom. The van der Waals surface area contributed by atoms with Crippen LogP contribution < -0.4 is 5.73 Å². The molecule has 4 aromatic rings. The van der Waals surface area contributed by atoms with Crippen molar-refractivity contribution < 1.29 is 9.90 Å². The molecular weight excluding hydrogens is 438 g/mol. The number of nitrogens with zero attached hydrogens (tertiary/aromatic N) is 3. The average molecular weight is 470 g/mol. The summed E-state index contributed by atoms with van der Waals surface area (Å²) in [4.78, 5) is 24.1. The van der Waals surface area contributed by atoms with Crippen molar-refractivity contribution in [3.63, 3.8) is 0 Å². The van der Waals surface area contributed by atoms with Gasteiger partial charge in [0.25, 0.3) is 0 Å². The van der Waals surface area contributed by atoms with Gasteiger partial charge in [0.1, 0.15) is 0 Å². The number of rotatable bonds is 9. The summed E-state index contributed by atoms with van der Waals surface area (Å²) in [7, 11) is 6.26. The number of hydrogen-bond donors (Lipinski definition) is 3. The van der Waals surface area contributed by atoms with Crippen molar-refractivity contribution in [2.75, 3.05) is 34.2 Å². The zero-order valence-electron chi connectivity index (χ0n) is 20.3. The Morgan fingerprint density at radius 1 is 0.943 bits per heavy atom. The highest BCUT2D eigenvalue weighted by molar-refractivity contribution is 6.22. The number of benzene rings is 3. The Bertz CT molecular complexity index is 1360. The molecule has 1 amide bonds. The SMILES string of the molecule is CN(C)CCN(C)Cc1cccc(N=C(c2ccccc2)c2c(O)[nH]c3cc(C(N)=O)ccc23)c1. The molecule has 7 heteroatoms. The Labute approximate surface area is 205 Å². The summed E-state index contributed by atoms with van der Waals surface area (Å²) < 4.78 is 0. The Kier molecular flexibility index (Phi) is 7.29. The molecule has 0 unspecified atom stereocenters. The molecule has 3 aromatic carbocycles. The Balaban J connectivity index is 1.76. The lowest BCUT2D eigenvalue weighted by Gasteiger charge is -2.19. The van der Waals surface area contributed by atoms with E-state index in [1.54, 1.807) is 18.2 Å². The molecular formula is C28H31N5O2. The molecule has 1 aromatic heterocycles. The van der Waals surface area contributed by atoms with E-state index in [-0.39, 0.29) is 5.88 Å². The molecule has 0 saturated heterocycles. The van der Waals surface area contributed by atoms with Gasteiger partial charge >= 0.3 is 0 Å². The standard InChI is InChI=1S/C28H31N5O2/c1-32(2)14-15-33(3)18-19-8-7-11-22(16-19)30-26(20-9-5-4-6-10-20)25-23-13-12-21(27(29)34)17-24(23)31-28(25)35/h4-13,16-17,31,35H,14-15,18H2,1-3H3,(H2,29,34). The Morgan fingerprint density at radius 2 is 1.71 bits per heavy atom. The van der Waals surface area contributed by atoms with Crippen molar-refractivity contribution in [2.45, 2.75) is 6.54 Å². The fourth-order valence-corrected chi connectivity index (χ4v) is 4.05. The lowest BCUT2D eigenvalue weighted by molar-refractivity contribution is 0.100. The summed E-state index contributed by atoms with van der Waals surface area (Å²) >= 11 is 0. The second kappa shape index (κ2) is 10.5. The normalized spacial score (nSPS) is 12.1.